The van der Waals surface area contributed by atoms with E-state index in [1.807, 2.05) is 43.3 Å². The maximum absolute atomic E-state index is 13.0. The lowest BCUT2D eigenvalue weighted by Gasteiger charge is -2.19. The summed E-state index contributed by atoms with van der Waals surface area (Å²) in [6, 6.07) is 12.6. The van der Waals surface area contributed by atoms with Gasteiger partial charge in [-0.1, -0.05) is 44.2 Å². The van der Waals surface area contributed by atoms with E-state index in [0.717, 1.165) is 22.2 Å². The normalized spacial score (nSPS) is 12.6. The van der Waals surface area contributed by atoms with Gasteiger partial charge in [0.15, 0.2) is 0 Å². The molecule has 2 aromatic heterocycles. The summed E-state index contributed by atoms with van der Waals surface area (Å²) in [5, 5.41) is 3.79. The number of fused-ring (bicyclic) bond motifs is 3. The van der Waals surface area contributed by atoms with Crippen LogP contribution in [0.4, 0.5) is 5.69 Å². The Kier molecular flexibility index (Phi) is 4.70. The van der Waals surface area contributed by atoms with Crippen molar-refractivity contribution in [1.82, 2.24) is 9.55 Å². The van der Waals surface area contributed by atoms with Crippen LogP contribution in [-0.2, 0) is 4.79 Å². The second kappa shape index (κ2) is 7.20. The number of benzene rings is 2. The van der Waals surface area contributed by atoms with Crippen LogP contribution in [0.5, 0.6) is 0 Å². The Bertz CT molecular complexity index is 1280. The smallest absolute Gasteiger partial charge is 0.297 e. The van der Waals surface area contributed by atoms with Gasteiger partial charge in [0.2, 0.25) is 11.5 Å². The van der Waals surface area contributed by atoms with Crippen molar-refractivity contribution in [2.24, 2.45) is 0 Å². The van der Waals surface area contributed by atoms with Crippen LogP contribution in [-0.4, -0.2) is 15.5 Å². The SMILES string of the molecule is Cc1cccc(C(C)C)c1NC(=O)C(C)n1cnc2c(oc3ccccc32)c1=O. The molecule has 0 saturated heterocycles. The fourth-order valence-corrected chi connectivity index (χ4v) is 3.57. The average molecular weight is 389 g/mol. The molecule has 0 radical (unpaired) electrons. The van der Waals surface area contributed by atoms with E-state index in [-0.39, 0.29) is 23.0 Å². The lowest BCUT2D eigenvalue weighted by molar-refractivity contribution is -0.118. The first-order chi connectivity index (χ1) is 13.9. The standard InChI is InChI=1S/C23H23N3O3/c1-13(2)16-10-7-8-14(3)19(16)25-22(27)15(4)26-12-24-20-17-9-5-6-11-18(17)29-21(20)23(26)28/h5-13,15H,1-4H3,(H,25,27). The Morgan fingerprint density at radius 3 is 2.62 bits per heavy atom. The van der Waals surface area contributed by atoms with E-state index in [1.165, 1.54) is 10.9 Å². The zero-order chi connectivity index (χ0) is 20.7. The van der Waals surface area contributed by atoms with Crippen molar-refractivity contribution in [1.29, 1.82) is 0 Å². The van der Waals surface area contributed by atoms with E-state index in [1.54, 1.807) is 13.0 Å². The van der Waals surface area contributed by atoms with E-state index < -0.39 is 6.04 Å². The summed E-state index contributed by atoms with van der Waals surface area (Å²) >= 11 is 0. The number of hydrogen-bond acceptors (Lipinski definition) is 4. The van der Waals surface area contributed by atoms with Crippen molar-refractivity contribution in [3.63, 3.8) is 0 Å². The fraction of sp³-hybridized carbons (Fsp3) is 0.261. The molecule has 1 unspecified atom stereocenters. The fourth-order valence-electron chi connectivity index (χ4n) is 3.57. The molecule has 0 bridgehead atoms. The molecule has 6 nitrogen and oxygen atoms in total. The lowest BCUT2D eigenvalue weighted by atomic mass is 9.98. The van der Waals surface area contributed by atoms with Crippen molar-refractivity contribution in [2.45, 2.75) is 39.7 Å². The first kappa shape index (κ1) is 18.9. The van der Waals surface area contributed by atoms with Crippen LogP contribution < -0.4 is 10.9 Å². The number of aromatic nitrogens is 2. The van der Waals surface area contributed by atoms with Crippen LogP contribution in [0.3, 0.4) is 0 Å². The molecular weight excluding hydrogens is 366 g/mol. The van der Waals surface area contributed by atoms with E-state index in [4.69, 9.17) is 4.42 Å². The molecule has 0 aliphatic carbocycles. The Labute approximate surface area is 168 Å². The largest absolute Gasteiger partial charge is 0.448 e. The first-order valence-electron chi connectivity index (χ1n) is 9.67. The van der Waals surface area contributed by atoms with Crippen LogP contribution >= 0.6 is 0 Å². The minimum atomic E-state index is -0.743. The number of amides is 1. The monoisotopic (exact) mass is 389 g/mol. The summed E-state index contributed by atoms with van der Waals surface area (Å²) in [6.45, 7) is 7.80. The predicted molar refractivity (Wildman–Crippen MR) is 114 cm³/mol. The van der Waals surface area contributed by atoms with Crippen LogP contribution in [0.1, 0.15) is 43.9 Å². The van der Waals surface area contributed by atoms with Crippen molar-refractivity contribution < 1.29 is 9.21 Å². The highest BCUT2D eigenvalue weighted by molar-refractivity contribution is 6.02. The van der Waals surface area contributed by atoms with Crippen LogP contribution in [0.2, 0.25) is 0 Å². The van der Waals surface area contributed by atoms with E-state index in [9.17, 15) is 9.59 Å². The summed E-state index contributed by atoms with van der Waals surface area (Å²) in [7, 11) is 0. The number of carbonyl (C=O) groups excluding carboxylic acids is 1. The number of nitrogens with zero attached hydrogens (tertiary/aromatic N) is 2. The molecule has 2 heterocycles. The lowest BCUT2D eigenvalue weighted by Crippen LogP contribution is -2.32. The maximum atomic E-state index is 13.0. The van der Waals surface area contributed by atoms with Gasteiger partial charge in [-0.15, -0.1) is 0 Å². The third-order valence-corrected chi connectivity index (χ3v) is 5.28. The topological polar surface area (TPSA) is 77.1 Å². The highest BCUT2D eigenvalue weighted by Crippen LogP contribution is 2.28. The molecule has 148 valence electrons. The van der Waals surface area contributed by atoms with E-state index in [0.29, 0.717) is 11.1 Å². The molecule has 0 aliphatic rings. The number of para-hydroxylation sites is 2. The second-order valence-corrected chi connectivity index (χ2v) is 7.59. The van der Waals surface area contributed by atoms with Crippen molar-refractivity contribution in [2.75, 3.05) is 5.32 Å². The Hall–Kier alpha value is -3.41. The molecule has 0 saturated carbocycles. The molecule has 0 aliphatic heterocycles. The Balaban J connectivity index is 1.72. The molecule has 6 heteroatoms. The number of furan rings is 1. The number of aryl methyl sites for hydroxylation is 1. The van der Waals surface area contributed by atoms with Gasteiger partial charge in [0.25, 0.3) is 5.56 Å². The summed E-state index contributed by atoms with van der Waals surface area (Å²) in [6.07, 6.45) is 1.41. The summed E-state index contributed by atoms with van der Waals surface area (Å²) in [4.78, 5) is 30.4. The highest BCUT2D eigenvalue weighted by atomic mass is 16.3. The summed E-state index contributed by atoms with van der Waals surface area (Å²) < 4.78 is 7.03. The molecule has 0 fully saturated rings. The zero-order valence-electron chi connectivity index (χ0n) is 16.9. The van der Waals surface area contributed by atoms with Gasteiger partial charge < -0.3 is 9.73 Å². The van der Waals surface area contributed by atoms with Gasteiger partial charge >= 0.3 is 0 Å². The first-order valence-corrected chi connectivity index (χ1v) is 9.67. The molecule has 2 aromatic carbocycles. The number of anilines is 1. The van der Waals surface area contributed by atoms with Crippen molar-refractivity contribution in [3.05, 3.63) is 70.3 Å². The third kappa shape index (κ3) is 3.20. The quantitative estimate of drug-likeness (QED) is 0.545. The van der Waals surface area contributed by atoms with Crippen LogP contribution in [0, 0.1) is 6.92 Å². The van der Waals surface area contributed by atoms with Gasteiger partial charge in [0.1, 0.15) is 17.1 Å². The molecule has 29 heavy (non-hydrogen) atoms. The molecule has 1 atom stereocenters. The molecule has 0 spiro atoms. The minimum Gasteiger partial charge on any atom is -0.448 e. The molecule has 4 aromatic rings. The second-order valence-electron chi connectivity index (χ2n) is 7.59. The van der Waals surface area contributed by atoms with Gasteiger partial charge in [0.05, 0.1) is 6.33 Å². The molecule has 1 amide bonds. The number of hydrogen-bond donors (Lipinski definition) is 1. The van der Waals surface area contributed by atoms with Gasteiger partial charge in [-0.25, -0.2) is 4.98 Å². The van der Waals surface area contributed by atoms with Gasteiger partial charge in [0, 0.05) is 11.1 Å². The maximum Gasteiger partial charge on any atom is 0.297 e. The third-order valence-electron chi connectivity index (χ3n) is 5.28. The molecule has 4 rings (SSSR count). The zero-order valence-corrected chi connectivity index (χ0v) is 16.9. The van der Waals surface area contributed by atoms with Crippen molar-refractivity contribution >= 4 is 33.7 Å². The number of rotatable bonds is 4. The molecule has 1 N–H and O–H groups in total. The van der Waals surface area contributed by atoms with Gasteiger partial charge in [-0.3, -0.25) is 14.2 Å². The van der Waals surface area contributed by atoms with Gasteiger partial charge in [-0.2, -0.15) is 0 Å². The predicted octanol–water partition coefficient (Wildman–Crippen LogP) is 4.77. The van der Waals surface area contributed by atoms with Gasteiger partial charge in [-0.05, 0) is 43.0 Å². The summed E-state index contributed by atoms with van der Waals surface area (Å²) in [5.41, 5.74) is 3.73. The highest BCUT2D eigenvalue weighted by Gasteiger charge is 2.22. The number of carbonyl (C=O) groups is 1. The average Bonchev–Trinajstić information content (AvgIpc) is 3.09. The van der Waals surface area contributed by atoms with Crippen LogP contribution in [0.25, 0.3) is 22.1 Å². The van der Waals surface area contributed by atoms with E-state index >= 15 is 0 Å². The number of nitrogens with one attached hydrogen (secondary N) is 1. The van der Waals surface area contributed by atoms with Crippen LogP contribution in [0.15, 0.2) is 58.0 Å². The van der Waals surface area contributed by atoms with E-state index in [2.05, 4.69) is 24.1 Å². The Morgan fingerprint density at radius 2 is 1.86 bits per heavy atom. The minimum absolute atomic E-state index is 0.159. The Morgan fingerprint density at radius 1 is 1.10 bits per heavy atom. The van der Waals surface area contributed by atoms with Crippen molar-refractivity contribution in [3.8, 4) is 0 Å². The summed E-state index contributed by atoms with van der Waals surface area (Å²) in [5.74, 6) is -0.0163. The molecular formula is C23H23N3O3.